The first kappa shape index (κ1) is 21.4. The molecule has 0 spiro atoms. The van der Waals surface area contributed by atoms with E-state index in [1.165, 1.54) is 23.5 Å². The Balaban J connectivity index is 1.64. The Morgan fingerprint density at radius 3 is 2.64 bits per heavy atom. The molecule has 0 fully saturated rings. The van der Waals surface area contributed by atoms with E-state index in [-0.39, 0.29) is 35.8 Å². The van der Waals surface area contributed by atoms with Gasteiger partial charge in [-0.15, -0.1) is 11.3 Å². The lowest BCUT2D eigenvalue weighted by Crippen LogP contribution is -2.30. The van der Waals surface area contributed by atoms with Gasteiger partial charge in [0.05, 0.1) is 12.1 Å². The Bertz CT molecular complexity index is 835. The van der Waals surface area contributed by atoms with Crippen molar-refractivity contribution < 1.29 is 19.5 Å². The number of hydrogen-bond donors (Lipinski definition) is 4. The van der Waals surface area contributed by atoms with Crippen LogP contribution in [-0.2, 0) is 16.0 Å². The minimum absolute atomic E-state index is 0.0360. The van der Waals surface area contributed by atoms with Gasteiger partial charge in [0, 0.05) is 30.0 Å². The Kier molecular flexibility index (Phi) is 7.94. The van der Waals surface area contributed by atoms with E-state index in [2.05, 4.69) is 20.9 Å². The summed E-state index contributed by atoms with van der Waals surface area (Å²) in [7, 11) is 0. The van der Waals surface area contributed by atoms with Gasteiger partial charge in [-0.05, 0) is 24.6 Å². The van der Waals surface area contributed by atoms with Crippen LogP contribution in [0.4, 0.5) is 5.13 Å². The Hall–Kier alpha value is -2.94. The lowest BCUT2D eigenvalue weighted by atomic mass is 10.2. The van der Waals surface area contributed by atoms with Crippen molar-refractivity contribution in [2.45, 2.75) is 26.7 Å². The number of aromatic hydroxyl groups is 1. The highest BCUT2D eigenvalue weighted by Crippen LogP contribution is 2.16. The SMILES string of the molecule is CC(C)C(=O)Nc1nc(CC(=O)NCCCNC(=O)c2cccc(O)c2)cs1. The summed E-state index contributed by atoms with van der Waals surface area (Å²) in [6.45, 7) is 4.41. The maximum atomic E-state index is 12.0. The molecule has 0 aliphatic heterocycles. The van der Waals surface area contributed by atoms with E-state index in [0.717, 1.165) is 0 Å². The smallest absolute Gasteiger partial charge is 0.251 e. The molecule has 0 radical (unpaired) electrons. The average molecular weight is 404 g/mol. The fourth-order valence-electron chi connectivity index (χ4n) is 2.19. The van der Waals surface area contributed by atoms with E-state index in [0.29, 0.717) is 35.9 Å². The Morgan fingerprint density at radius 1 is 1.18 bits per heavy atom. The minimum atomic E-state index is -0.277. The molecule has 1 heterocycles. The molecule has 1 aromatic carbocycles. The van der Waals surface area contributed by atoms with Gasteiger partial charge in [0.25, 0.3) is 5.91 Å². The van der Waals surface area contributed by atoms with Crippen LogP contribution < -0.4 is 16.0 Å². The molecule has 0 atom stereocenters. The van der Waals surface area contributed by atoms with Gasteiger partial charge >= 0.3 is 0 Å². The highest BCUT2D eigenvalue weighted by molar-refractivity contribution is 7.13. The van der Waals surface area contributed by atoms with E-state index < -0.39 is 0 Å². The van der Waals surface area contributed by atoms with Crippen LogP contribution in [0.1, 0.15) is 36.3 Å². The number of carbonyl (C=O) groups is 3. The fourth-order valence-corrected chi connectivity index (χ4v) is 2.90. The number of rotatable bonds is 9. The van der Waals surface area contributed by atoms with Crippen LogP contribution in [-0.4, -0.2) is 40.9 Å². The van der Waals surface area contributed by atoms with Crippen LogP contribution in [0, 0.1) is 5.92 Å². The molecule has 3 amide bonds. The molecule has 2 rings (SSSR count). The van der Waals surface area contributed by atoms with Gasteiger partial charge in [0.2, 0.25) is 11.8 Å². The molecule has 0 unspecified atom stereocenters. The second kappa shape index (κ2) is 10.4. The minimum Gasteiger partial charge on any atom is -0.508 e. The summed E-state index contributed by atoms with van der Waals surface area (Å²) in [5.41, 5.74) is 0.978. The van der Waals surface area contributed by atoms with Gasteiger partial charge in [-0.2, -0.15) is 0 Å². The molecule has 28 heavy (non-hydrogen) atoms. The zero-order chi connectivity index (χ0) is 20.5. The third kappa shape index (κ3) is 6.99. The number of phenols is 1. The molecule has 4 N–H and O–H groups in total. The lowest BCUT2D eigenvalue weighted by Gasteiger charge is -2.07. The summed E-state index contributed by atoms with van der Waals surface area (Å²) >= 11 is 1.28. The maximum Gasteiger partial charge on any atom is 0.251 e. The van der Waals surface area contributed by atoms with Crippen molar-refractivity contribution in [1.29, 1.82) is 0 Å². The summed E-state index contributed by atoms with van der Waals surface area (Å²) in [6, 6.07) is 6.10. The van der Waals surface area contributed by atoms with Crippen molar-refractivity contribution in [1.82, 2.24) is 15.6 Å². The number of phenolic OH excluding ortho intramolecular Hbond substituents is 1. The normalized spacial score (nSPS) is 10.5. The second-order valence-corrected chi connectivity index (χ2v) is 7.33. The predicted molar refractivity (Wildman–Crippen MR) is 107 cm³/mol. The first-order valence-corrected chi connectivity index (χ1v) is 9.82. The molecule has 8 nitrogen and oxygen atoms in total. The molecule has 0 aliphatic rings. The summed E-state index contributed by atoms with van der Waals surface area (Å²) in [5, 5.41) is 19.8. The third-order valence-corrected chi connectivity index (χ3v) is 4.52. The Labute approximate surface area is 167 Å². The Morgan fingerprint density at radius 2 is 1.93 bits per heavy atom. The standard InChI is InChI=1S/C19H24N4O4S/c1-12(2)17(26)23-19-22-14(11-28-19)10-16(25)20-7-4-8-21-18(27)13-5-3-6-15(24)9-13/h3,5-6,9,11-12,24H,4,7-8,10H2,1-2H3,(H,20,25)(H,21,27)(H,22,23,26). The molecule has 150 valence electrons. The molecule has 0 bridgehead atoms. The van der Waals surface area contributed by atoms with Gasteiger partial charge in [0.15, 0.2) is 5.13 Å². The van der Waals surface area contributed by atoms with Crippen LogP contribution in [0.15, 0.2) is 29.6 Å². The molecule has 0 saturated heterocycles. The number of benzene rings is 1. The van der Waals surface area contributed by atoms with Crippen molar-refractivity contribution in [3.8, 4) is 5.75 Å². The number of nitrogens with one attached hydrogen (secondary N) is 3. The molecule has 0 aliphatic carbocycles. The van der Waals surface area contributed by atoms with Crippen molar-refractivity contribution in [2.24, 2.45) is 5.92 Å². The van der Waals surface area contributed by atoms with E-state index >= 15 is 0 Å². The van der Waals surface area contributed by atoms with E-state index in [1.807, 2.05) is 0 Å². The van der Waals surface area contributed by atoms with Gasteiger partial charge in [-0.3, -0.25) is 14.4 Å². The maximum absolute atomic E-state index is 12.0. The van der Waals surface area contributed by atoms with Crippen LogP contribution in [0.2, 0.25) is 0 Å². The quantitative estimate of drug-likeness (QED) is 0.476. The zero-order valence-corrected chi connectivity index (χ0v) is 16.6. The predicted octanol–water partition coefficient (Wildman–Crippen LogP) is 1.92. The average Bonchev–Trinajstić information content (AvgIpc) is 3.07. The number of amides is 3. The first-order valence-electron chi connectivity index (χ1n) is 8.94. The second-order valence-electron chi connectivity index (χ2n) is 6.47. The number of carbonyl (C=O) groups excluding carboxylic acids is 3. The van der Waals surface area contributed by atoms with Crippen molar-refractivity contribution >= 4 is 34.2 Å². The van der Waals surface area contributed by atoms with Crippen LogP contribution in [0.3, 0.4) is 0 Å². The third-order valence-electron chi connectivity index (χ3n) is 3.72. The monoisotopic (exact) mass is 404 g/mol. The summed E-state index contributed by atoms with van der Waals surface area (Å²) in [6.07, 6.45) is 0.701. The van der Waals surface area contributed by atoms with Crippen molar-refractivity contribution in [3.63, 3.8) is 0 Å². The van der Waals surface area contributed by atoms with Crippen LogP contribution >= 0.6 is 11.3 Å². The molecule has 0 saturated carbocycles. The van der Waals surface area contributed by atoms with Crippen molar-refractivity contribution in [2.75, 3.05) is 18.4 Å². The topological polar surface area (TPSA) is 120 Å². The highest BCUT2D eigenvalue weighted by Gasteiger charge is 2.12. The van der Waals surface area contributed by atoms with Gasteiger partial charge in [-0.25, -0.2) is 4.98 Å². The van der Waals surface area contributed by atoms with Crippen molar-refractivity contribution in [3.05, 3.63) is 40.9 Å². The summed E-state index contributed by atoms with van der Waals surface area (Å²) in [4.78, 5) is 39.7. The number of aromatic nitrogens is 1. The van der Waals surface area contributed by atoms with E-state index in [1.54, 1.807) is 31.4 Å². The molecule has 2 aromatic rings. The van der Waals surface area contributed by atoms with Crippen LogP contribution in [0.5, 0.6) is 5.75 Å². The van der Waals surface area contributed by atoms with Gasteiger partial charge in [-0.1, -0.05) is 19.9 Å². The van der Waals surface area contributed by atoms with Crippen LogP contribution in [0.25, 0.3) is 0 Å². The highest BCUT2D eigenvalue weighted by atomic mass is 32.1. The lowest BCUT2D eigenvalue weighted by molar-refractivity contribution is -0.120. The largest absolute Gasteiger partial charge is 0.508 e. The summed E-state index contributed by atoms with van der Waals surface area (Å²) < 4.78 is 0. The zero-order valence-electron chi connectivity index (χ0n) is 15.8. The molecular weight excluding hydrogens is 380 g/mol. The van der Waals surface area contributed by atoms with Gasteiger partial charge < -0.3 is 21.1 Å². The number of nitrogens with zero attached hydrogens (tertiary/aromatic N) is 1. The number of hydrogen-bond acceptors (Lipinski definition) is 6. The first-order chi connectivity index (χ1) is 13.3. The molecule has 1 aromatic heterocycles. The molecular formula is C19H24N4O4S. The summed E-state index contributed by atoms with van der Waals surface area (Å²) in [5.74, 6) is -0.664. The number of thiazole rings is 1. The van der Waals surface area contributed by atoms with E-state index in [9.17, 15) is 19.5 Å². The van der Waals surface area contributed by atoms with Gasteiger partial charge in [0.1, 0.15) is 5.75 Å². The van der Waals surface area contributed by atoms with E-state index in [4.69, 9.17) is 0 Å². The fraction of sp³-hybridized carbons (Fsp3) is 0.368. The number of anilines is 1. The molecule has 9 heteroatoms.